The standard InChI is InChI=1S/C19H26N4O2/c1-21(2)14-19(7-9-23(10-8-19)18(24)25)17-6-4-5-15(11-17)16-12-20-22(3)13-16/h4-6,11-13H,7-10,14H2,1-3H3,(H,24,25). The van der Waals surface area contributed by atoms with Crippen molar-refractivity contribution >= 4 is 6.09 Å². The first kappa shape index (κ1) is 17.5. The fraction of sp³-hybridized carbons (Fsp3) is 0.474. The fourth-order valence-corrected chi connectivity index (χ4v) is 3.87. The van der Waals surface area contributed by atoms with Gasteiger partial charge in [0.1, 0.15) is 0 Å². The molecule has 1 amide bonds. The van der Waals surface area contributed by atoms with E-state index in [1.54, 1.807) is 0 Å². The highest BCUT2D eigenvalue weighted by Gasteiger charge is 2.38. The number of carbonyl (C=O) groups is 1. The molecule has 3 rings (SSSR count). The summed E-state index contributed by atoms with van der Waals surface area (Å²) >= 11 is 0. The lowest BCUT2D eigenvalue weighted by Crippen LogP contribution is -2.49. The zero-order valence-electron chi connectivity index (χ0n) is 15.1. The summed E-state index contributed by atoms with van der Waals surface area (Å²) in [6.07, 6.45) is 4.76. The molecule has 2 heterocycles. The van der Waals surface area contributed by atoms with Crippen LogP contribution in [0.5, 0.6) is 0 Å². The highest BCUT2D eigenvalue weighted by molar-refractivity contribution is 5.65. The maximum absolute atomic E-state index is 11.3. The monoisotopic (exact) mass is 342 g/mol. The molecule has 0 radical (unpaired) electrons. The van der Waals surface area contributed by atoms with Crippen molar-refractivity contribution < 1.29 is 9.90 Å². The minimum absolute atomic E-state index is 0.0202. The van der Waals surface area contributed by atoms with Crippen LogP contribution in [-0.2, 0) is 12.5 Å². The Morgan fingerprint density at radius 2 is 2.00 bits per heavy atom. The van der Waals surface area contributed by atoms with Crippen LogP contribution in [0.4, 0.5) is 4.79 Å². The summed E-state index contributed by atoms with van der Waals surface area (Å²) in [5, 5.41) is 13.5. The largest absolute Gasteiger partial charge is 0.465 e. The summed E-state index contributed by atoms with van der Waals surface area (Å²) in [6.45, 7) is 2.08. The number of likely N-dealkylation sites (N-methyl/N-ethyl adjacent to an activating group) is 1. The second-order valence-electron chi connectivity index (χ2n) is 7.27. The molecule has 0 bridgehead atoms. The molecule has 1 saturated heterocycles. The molecule has 6 heteroatoms. The second kappa shape index (κ2) is 6.88. The van der Waals surface area contributed by atoms with Crippen LogP contribution < -0.4 is 0 Å². The number of aryl methyl sites for hydroxylation is 1. The molecular formula is C19H26N4O2. The van der Waals surface area contributed by atoms with Crippen LogP contribution >= 0.6 is 0 Å². The molecule has 2 aromatic rings. The molecule has 134 valence electrons. The molecule has 1 aliphatic heterocycles. The van der Waals surface area contributed by atoms with Crippen molar-refractivity contribution in [2.24, 2.45) is 7.05 Å². The Morgan fingerprint density at radius 1 is 1.28 bits per heavy atom. The van der Waals surface area contributed by atoms with Gasteiger partial charge in [-0.25, -0.2) is 4.79 Å². The first-order valence-electron chi connectivity index (χ1n) is 8.62. The Morgan fingerprint density at radius 3 is 2.56 bits per heavy atom. The van der Waals surface area contributed by atoms with E-state index in [-0.39, 0.29) is 5.41 Å². The average Bonchev–Trinajstić information content (AvgIpc) is 3.01. The molecule has 6 nitrogen and oxygen atoms in total. The lowest BCUT2D eigenvalue weighted by Gasteiger charge is -2.43. The molecule has 1 fully saturated rings. The molecule has 1 N–H and O–H groups in total. The maximum atomic E-state index is 11.3. The van der Waals surface area contributed by atoms with Crippen LogP contribution in [0.1, 0.15) is 18.4 Å². The summed E-state index contributed by atoms with van der Waals surface area (Å²) < 4.78 is 1.81. The highest BCUT2D eigenvalue weighted by Crippen LogP contribution is 2.37. The molecule has 0 unspecified atom stereocenters. The van der Waals surface area contributed by atoms with Crippen LogP contribution in [0.2, 0.25) is 0 Å². The van der Waals surface area contributed by atoms with Gasteiger partial charge in [-0.15, -0.1) is 0 Å². The van der Waals surface area contributed by atoms with E-state index in [1.807, 2.05) is 24.1 Å². The first-order valence-corrected chi connectivity index (χ1v) is 8.62. The van der Waals surface area contributed by atoms with E-state index in [4.69, 9.17) is 0 Å². The number of hydrogen-bond donors (Lipinski definition) is 1. The number of benzene rings is 1. The summed E-state index contributed by atoms with van der Waals surface area (Å²) in [5.41, 5.74) is 3.53. The number of nitrogens with zero attached hydrogens (tertiary/aromatic N) is 4. The van der Waals surface area contributed by atoms with Crippen molar-refractivity contribution in [2.45, 2.75) is 18.3 Å². The number of piperidine rings is 1. The van der Waals surface area contributed by atoms with E-state index in [0.717, 1.165) is 30.5 Å². The summed E-state index contributed by atoms with van der Waals surface area (Å²) in [7, 11) is 6.08. The van der Waals surface area contributed by atoms with Gasteiger partial charge in [0.2, 0.25) is 0 Å². The Bertz CT molecular complexity index is 745. The maximum Gasteiger partial charge on any atom is 0.407 e. The third-order valence-corrected chi connectivity index (χ3v) is 5.12. The van der Waals surface area contributed by atoms with E-state index in [0.29, 0.717) is 13.1 Å². The van der Waals surface area contributed by atoms with Gasteiger partial charge in [0.05, 0.1) is 6.20 Å². The Hall–Kier alpha value is -2.34. The third kappa shape index (κ3) is 3.69. The van der Waals surface area contributed by atoms with E-state index < -0.39 is 6.09 Å². The molecule has 0 aliphatic carbocycles. The number of amides is 1. The van der Waals surface area contributed by atoms with Crippen molar-refractivity contribution in [1.29, 1.82) is 0 Å². The predicted octanol–water partition coefficient (Wildman–Crippen LogP) is 2.66. The zero-order valence-corrected chi connectivity index (χ0v) is 15.1. The Balaban J connectivity index is 1.93. The zero-order chi connectivity index (χ0) is 18.0. The van der Waals surface area contributed by atoms with Gasteiger partial charge in [0.25, 0.3) is 0 Å². The minimum Gasteiger partial charge on any atom is -0.465 e. The minimum atomic E-state index is -0.817. The van der Waals surface area contributed by atoms with Crippen LogP contribution in [0.3, 0.4) is 0 Å². The van der Waals surface area contributed by atoms with Gasteiger partial charge in [0.15, 0.2) is 0 Å². The number of carboxylic acid groups (broad SMARTS) is 1. The Kier molecular flexibility index (Phi) is 4.81. The molecule has 0 saturated carbocycles. The third-order valence-electron chi connectivity index (χ3n) is 5.12. The number of aromatic nitrogens is 2. The van der Waals surface area contributed by atoms with E-state index in [1.165, 1.54) is 10.5 Å². The number of likely N-dealkylation sites (tertiary alicyclic amines) is 1. The van der Waals surface area contributed by atoms with Crippen LogP contribution in [0.25, 0.3) is 11.1 Å². The summed E-state index contributed by atoms with van der Waals surface area (Å²) in [6, 6.07) is 8.63. The lowest BCUT2D eigenvalue weighted by atomic mass is 9.72. The molecule has 1 aromatic carbocycles. The van der Waals surface area contributed by atoms with Crippen molar-refractivity contribution in [3.05, 3.63) is 42.2 Å². The van der Waals surface area contributed by atoms with Gasteiger partial charge in [-0.2, -0.15) is 5.10 Å². The van der Waals surface area contributed by atoms with Crippen molar-refractivity contribution in [3.8, 4) is 11.1 Å². The van der Waals surface area contributed by atoms with Crippen LogP contribution in [0.15, 0.2) is 36.7 Å². The van der Waals surface area contributed by atoms with Gasteiger partial charge in [-0.05, 0) is 38.1 Å². The van der Waals surface area contributed by atoms with Gasteiger partial charge in [0, 0.05) is 43.9 Å². The summed E-state index contributed by atoms with van der Waals surface area (Å²) in [4.78, 5) is 15.0. The summed E-state index contributed by atoms with van der Waals surface area (Å²) in [5.74, 6) is 0. The van der Waals surface area contributed by atoms with Crippen LogP contribution in [0, 0.1) is 0 Å². The van der Waals surface area contributed by atoms with E-state index >= 15 is 0 Å². The molecule has 25 heavy (non-hydrogen) atoms. The van der Waals surface area contributed by atoms with Gasteiger partial charge in [-0.1, -0.05) is 24.3 Å². The first-order chi connectivity index (χ1) is 11.9. The van der Waals surface area contributed by atoms with Gasteiger partial charge >= 0.3 is 6.09 Å². The fourth-order valence-electron chi connectivity index (χ4n) is 3.87. The second-order valence-corrected chi connectivity index (χ2v) is 7.27. The SMILES string of the molecule is CN(C)CC1(c2cccc(-c3cnn(C)c3)c2)CCN(C(=O)O)CC1. The predicted molar refractivity (Wildman–Crippen MR) is 97.7 cm³/mol. The van der Waals surface area contributed by atoms with E-state index in [9.17, 15) is 9.90 Å². The lowest BCUT2D eigenvalue weighted by molar-refractivity contribution is 0.107. The number of hydrogen-bond acceptors (Lipinski definition) is 3. The van der Waals surface area contributed by atoms with E-state index in [2.05, 4.69) is 48.4 Å². The molecular weight excluding hydrogens is 316 g/mol. The molecule has 1 aliphatic rings. The number of rotatable bonds is 4. The quantitative estimate of drug-likeness (QED) is 0.928. The van der Waals surface area contributed by atoms with Crippen molar-refractivity contribution in [1.82, 2.24) is 19.6 Å². The normalized spacial score (nSPS) is 17.0. The smallest absolute Gasteiger partial charge is 0.407 e. The van der Waals surface area contributed by atoms with Crippen molar-refractivity contribution in [2.75, 3.05) is 33.7 Å². The molecule has 1 aromatic heterocycles. The van der Waals surface area contributed by atoms with Gasteiger partial charge < -0.3 is 14.9 Å². The molecule has 0 spiro atoms. The topological polar surface area (TPSA) is 61.6 Å². The van der Waals surface area contributed by atoms with Gasteiger partial charge in [-0.3, -0.25) is 4.68 Å². The highest BCUT2D eigenvalue weighted by atomic mass is 16.4. The van der Waals surface area contributed by atoms with Crippen LogP contribution in [-0.4, -0.2) is 64.5 Å². The molecule has 0 atom stereocenters. The van der Waals surface area contributed by atoms with Crippen molar-refractivity contribution in [3.63, 3.8) is 0 Å². The average molecular weight is 342 g/mol. The Labute approximate surface area is 148 Å².